The van der Waals surface area contributed by atoms with E-state index in [1.165, 1.54) is 18.2 Å². The van der Waals surface area contributed by atoms with Gasteiger partial charge in [0.05, 0.1) is 5.56 Å². The summed E-state index contributed by atoms with van der Waals surface area (Å²) in [7, 11) is 0. The van der Waals surface area contributed by atoms with Crippen molar-refractivity contribution in [1.82, 2.24) is 10.3 Å². The van der Waals surface area contributed by atoms with Gasteiger partial charge in [-0.1, -0.05) is 11.6 Å². The number of carbonyl (C=O) groups is 1. The Morgan fingerprint density at radius 3 is 2.71 bits per heavy atom. The second-order valence-electron chi connectivity index (χ2n) is 4.79. The molecule has 0 unspecified atom stereocenters. The number of aryl methyl sites for hydroxylation is 2. The molecule has 0 saturated heterocycles. The lowest BCUT2D eigenvalue weighted by Crippen LogP contribution is -2.28. The van der Waals surface area contributed by atoms with Crippen molar-refractivity contribution >= 4 is 17.5 Å². The van der Waals surface area contributed by atoms with Gasteiger partial charge in [-0.3, -0.25) is 9.59 Å². The zero-order chi connectivity index (χ0) is 15.6. The fourth-order valence-electron chi connectivity index (χ4n) is 2.06. The molecule has 2 aromatic rings. The van der Waals surface area contributed by atoms with Crippen molar-refractivity contribution in [3.05, 3.63) is 62.0 Å². The highest BCUT2D eigenvalue weighted by Crippen LogP contribution is 2.21. The summed E-state index contributed by atoms with van der Waals surface area (Å²) in [5.41, 5.74) is 1.88. The number of phenolic OH excluding ortho intramolecular Hbond substituents is 1. The highest BCUT2D eigenvalue weighted by molar-refractivity contribution is 6.31. The fourth-order valence-corrected chi connectivity index (χ4v) is 2.23. The molecule has 0 spiro atoms. The first-order chi connectivity index (χ1) is 9.88. The molecule has 1 aromatic carbocycles. The minimum atomic E-state index is -0.491. The largest absolute Gasteiger partial charge is 0.507 e. The van der Waals surface area contributed by atoms with Gasteiger partial charge in [-0.25, -0.2) is 0 Å². The molecule has 2 rings (SSSR count). The van der Waals surface area contributed by atoms with Crippen LogP contribution in [-0.4, -0.2) is 16.0 Å². The molecule has 1 heterocycles. The summed E-state index contributed by atoms with van der Waals surface area (Å²) >= 11 is 5.80. The molecule has 0 atom stereocenters. The summed E-state index contributed by atoms with van der Waals surface area (Å²) in [4.78, 5) is 26.6. The molecular formula is C15H15ClN2O3. The number of aromatic amines is 1. The van der Waals surface area contributed by atoms with Gasteiger partial charge in [0.2, 0.25) is 0 Å². The van der Waals surface area contributed by atoms with Crippen LogP contribution in [0.15, 0.2) is 29.1 Å². The third-order valence-corrected chi connectivity index (χ3v) is 3.36. The lowest BCUT2D eigenvalue weighted by molar-refractivity contribution is 0.0948. The summed E-state index contributed by atoms with van der Waals surface area (Å²) in [6.07, 6.45) is 0. The van der Waals surface area contributed by atoms with Crippen molar-refractivity contribution in [3.63, 3.8) is 0 Å². The highest BCUT2D eigenvalue weighted by atomic mass is 35.5. The van der Waals surface area contributed by atoms with Crippen molar-refractivity contribution < 1.29 is 9.90 Å². The molecule has 1 amide bonds. The van der Waals surface area contributed by atoms with Gasteiger partial charge in [0, 0.05) is 22.8 Å². The van der Waals surface area contributed by atoms with Crippen LogP contribution in [0.2, 0.25) is 5.02 Å². The van der Waals surface area contributed by atoms with Crippen LogP contribution in [0.1, 0.15) is 27.2 Å². The van der Waals surface area contributed by atoms with Crippen molar-refractivity contribution in [3.8, 4) is 5.75 Å². The Labute approximate surface area is 126 Å². The van der Waals surface area contributed by atoms with Gasteiger partial charge in [0.1, 0.15) is 5.75 Å². The number of phenols is 1. The van der Waals surface area contributed by atoms with Gasteiger partial charge < -0.3 is 15.4 Å². The maximum absolute atomic E-state index is 12.0. The topological polar surface area (TPSA) is 82.2 Å². The maximum atomic E-state index is 12.0. The van der Waals surface area contributed by atoms with E-state index in [1.54, 1.807) is 13.8 Å². The van der Waals surface area contributed by atoms with Crippen molar-refractivity contribution in [2.24, 2.45) is 0 Å². The zero-order valence-electron chi connectivity index (χ0n) is 11.7. The van der Waals surface area contributed by atoms with Crippen LogP contribution in [0, 0.1) is 13.8 Å². The highest BCUT2D eigenvalue weighted by Gasteiger charge is 2.13. The molecule has 0 bridgehead atoms. The average molecular weight is 307 g/mol. The first kappa shape index (κ1) is 15.1. The molecule has 3 N–H and O–H groups in total. The number of carbonyl (C=O) groups excluding carboxylic acids is 1. The lowest BCUT2D eigenvalue weighted by atomic mass is 10.1. The van der Waals surface area contributed by atoms with Crippen molar-refractivity contribution in [1.29, 1.82) is 0 Å². The number of rotatable bonds is 3. The first-order valence-corrected chi connectivity index (χ1v) is 6.72. The van der Waals surface area contributed by atoms with E-state index < -0.39 is 5.91 Å². The van der Waals surface area contributed by atoms with E-state index in [2.05, 4.69) is 10.3 Å². The number of amides is 1. The Morgan fingerprint density at radius 2 is 2.05 bits per heavy atom. The summed E-state index contributed by atoms with van der Waals surface area (Å²) in [5, 5.41) is 12.6. The molecule has 0 aliphatic rings. The molecule has 0 saturated carbocycles. The van der Waals surface area contributed by atoms with Gasteiger partial charge >= 0.3 is 0 Å². The lowest BCUT2D eigenvalue weighted by Gasteiger charge is -2.09. The predicted octanol–water partition coefficient (Wildman–Crippen LogP) is 2.28. The fraction of sp³-hybridized carbons (Fsp3) is 0.200. The Bertz CT molecular complexity index is 753. The Balaban J connectivity index is 2.19. The van der Waals surface area contributed by atoms with E-state index in [4.69, 9.17) is 11.6 Å². The first-order valence-electron chi connectivity index (χ1n) is 6.34. The van der Waals surface area contributed by atoms with Gasteiger partial charge in [0.15, 0.2) is 0 Å². The molecule has 21 heavy (non-hydrogen) atoms. The summed E-state index contributed by atoms with van der Waals surface area (Å²) < 4.78 is 0. The van der Waals surface area contributed by atoms with E-state index >= 15 is 0 Å². The Morgan fingerprint density at radius 1 is 1.33 bits per heavy atom. The monoisotopic (exact) mass is 306 g/mol. The Hall–Kier alpha value is -2.27. The zero-order valence-corrected chi connectivity index (χ0v) is 12.4. The van der Waals surface area contributed by atoms with Gasteiger partial charge in [0.25, 0.3) is 11.5 Å². The summed E-state index contributed by atoms with van der Waals surface area (Å²) in [5.74, 6) is -0.652. The normalized spacial score (nSPS) is 10.4. The number of nitrogens with one attached hydrogen (secondary N) is 2. The number of halogens is 1. The number of aromatic nitrogens is 1. The molecule has 1 aromatic heterocycles. The molecule has 5 nitrogen and oxygen atoms in total. The molecule has 0 fully saturated rings. The van der Waals surface area contributed by atoms with Crippen LogP contribution in [0.3, 0.4) is 0 Å². The van der Waals surface area contributed by atoms with E-state index in [9.17, 15) is 14.7 Å². The van der Waals surface area contributed by atoms with Crippen LogP contribution >= 0.6 is 11.6 Å². The van der Waals surface area contributed by atoms with Crippen LogP contribution in [-0.2, 0) is 6.54 Å². The van der Waals surface area contributed by atoms with E-state index in [0.717, 1.165) is 11.3 Å². The van der Waals surface area contributed by atoms with Crippen LogP contribution < -0.4 is 10.9 Å². The molecule has 0 radical (unpaired) electrons. The number of H-pyrrole nitrogens is 1. The molecule has 6 heteroatoms. The number of pyridine rings is 1. The molecule has 110 valence electrons. The molecular weight excluding hydrogens is 292 g/mol. The van der Waals surface area contributed by atoms with Crippen molar-refractivity contribution in [2.75, 3.05) is 0 Å². The molecule has 0 aliphatic heterocycles. The van der Waals surface area contributed by atoms with Crippen LogP contribution in [0.25, 0.3) is 0 Å². The van der Waals surface area contributed by atoms with Gasteiger partial charge in [-0.15, -0.1) is 0 Å². The van der Waals surface area contributed by atoms with Crippen LogP contribution in [0.4, 0.5) is 0 Å². The van der Waals surface area contributed by atoms with Gasteiger partial charge in [-0.05, 0) is 43.7 Å². The quantitative estimate of drug-likeness (QED) is 0.813. The smallest absolute Gasteiger partial charge is 0.255 e. The standard InChI is InChI=1S/C15H15ClN2O3/c1-8-5-9(2)18-15(21)12(8)7-17-14(20)11-6-10(16)3-4-13(11)19/h3-6,19H,7H2,1-2H3,(H,17,20)(H,18,21). The van der Waals surface area contributed by atoms with Crippen LogP contribution in [0.5, 0.6) is 5.75 Å². The third-order valence-electron chi connectivity index (χ3n) is 3.12. The third kappa shape index (κ3) is 3.44. The molecule has 0 aliphatic carbocycles. The van der Waals surface area contributed by atoms with Gasteiger partial charge in [-0.2, -0.15) is 0 Å². The van der Waals surface area contributed by atoms with E-state index in [0.29, 0.717) is 10.6 Å². The van der Waals surface area contributed by atoms with E-state index in [1.807, 2.05) is 6.07 Å². The van der Waals surface area contributed by atoms with Crippen molar-refractivity contribution in [2.45, 2.75) is 20.4 Å². The minimum Gasteiger partial charge on any atom is -0.507 e. The number of benzene rings is 1. The Kier molecular flexibility index (Phi) is 4.33. The average Bonchev–Trinajstić information content (AvgIpc) is 2.40. The number of hydrogen-bond acceptors (Lipinski definition) is 3. The minimum absolute atomic E-state index is 0.0729. The number of hydrogen-bond donors (Lipinski definition) is 3. The summed E-state index contributed by atoms with van der Waals surface area (Å²) in [6.45, 7) is 3.67. The summed E-state index contributed by atoms with van der Waals surface area (Å²) in [6, 6.07) is 6.04. The second-order valence-corrected chi connectivity index (χ2v) is 5.22. The maximum Gasteiger partial charge on any atom is 0.255 e. The predicted molar refractivity (Wildman–Crippen MR) is 80.8 cm³/mol. The second kappa shape index (κ2) is 6.01. The van der Waals surface area contributed by atoms with E-state index in [-0.39, 0.29) is 23.4 Å². The number of aromatic hydroxyl groups is 1. The SMILES string of the molecule is Cc1cc(C)c(CNC(=O)c2cc(Cl)ccc2O)c(=O)[nH]1.